The van der Waals surface area contributed by atoms with E-state index in [1.54, 1.807) is 36.4 Å². The van der Waals surface area contributed by atoms with Crippen molar-refractivity contribution in [3.8, 4) is 0 Å². The molecule has 3 N–H and O–H groups in total. The standard InChI is InChI=1S/C27H29N3O3/c1-18-7-5-6-8-21(18)17-24(31)29-30-26(33)20-11-15-23(16-12-20)28-25(32)19-9-13-22(14-10-19)27(2,3)4/h5-16H,17H2,1-4H3,(H,28,32)(H,29,31)(H,30,33). The zero-order valence-electron chi connectivity index (χ0n) is 19.4. The van der Waals surface area contributed by atoms with Crippen LogP contribution in [0.15, 0.2) is 72.8 Å². The Labute approximate surface area is 194 Å². The van der Waals surface area contributed by atoms with Gasteiger partial charge in [0.05, 0.1) is 6.42 Å². The fourth-order valence-electron chi connectivity index (χ4n) is 3.25. The van der Waals surface area contributed by atoms with E-state index < -0.39 is 5.91 Å². The molecule has 0 bridgehead atoms. The second kappa shape index (κ2) is 10.1. The van der Waals surface area contributed by atoms with E-state index in [-0.39, 0.29) is 23.7 Å². The third-order valence-corrected chi connectivity index (χ3v) is 5.35. The van der Waals surface area contributed by atoms with E-state index in [2.05, 4.69) is 36.9 Å². The summed E-state index contributed by atoms with van der Waals surface area (Å²) in [5, 5.41) is 2.82. The number of carbonyl (C=O) groups excluding carboxylic acids is 3. The van der Waals surface area contributed by atoms with Gasteiger partial charge in [-0.25, -0.2) is 0 Å². The molecule has 0 spiro atoms. The summed E-state index contributed by atoms with van der Waals surface area (Å²) in [4.78, 5) is 36.9. The Bertz CT molecular complexity index is 1140. The number of hydrazine groups is 1. The first-order valence-corrected chi connectivity index (χ1v) is 10.8. The number of benzene rings is 3. The Hall–Kier alpha value is -3.93. The molecule has 0 aliphatic carbocycles. The molecule has 0 saturated heterocycles. The molecule has 6 heteroatoms. The van der Waals surface area contributed by atoms with Gasteiger partial charge < -0.3 is 5.32 Å². The van der Waals surface area contributed by atoms with Gasteiger partial charge in [-0.05, 0) is 65.4 Å². The van der Waals surface area contributed by atoms with Crippen molar-refractivity contribution < 1.29 is 14.4 Å². The zero-order valence-corrected chi connectivity index (χ0v) is 19.4. The van der Waals surface area contributed by atoms with Gasteiger partial charge in [0.15, 0.2) is 0 Å². The Morgan fingerprint density at radius 3 is 1.91 bits per heavy atom. The molecule has 0 radical (unpaired) electrons. The first-order valence-electron chi connectivity index (χ1n) is 10.8. The molecule has 0 saturated carbocycles. The minimum absolute atomic E-state index is 0.0192. The minimum atomic E-state index is -0.441. The van der Waals surface area contributed by atoms with Crippen molar-refractivity contribution in [2.75, 3.05) is 5.32 Å². The summed E-state index contributed by atoms with van der Waals surface area (Å²) < 4.78 is 0. The summed E-state index contributed by atoms with van der Waals surface area (Å²) in [5.74, 6) is -0.973. The van der Waals surface area contributed by atoms with Gasteiger partial charge in [-0.15, -0.1) is 0 Å². The number of anilines is 1. The van der Waals surface area contributed by atoms with E-state index in [9.17, 15) is 14.4 Å². The summed E-state index contributed by atoms with van der Waals surface area (Å²) >= 11 is 0. The van der Waals surface area contributed by atoms with Crippen molar-refractivity contribution in [3.05, 3.63) is 101 Å². The van der Waals surface area contributed by atoms with Crippen molar-refractivity contribution in [3.63, 3.8) is 0 Å². The van der Waals surface area contributed by atoms with Gasteiger partial charge in [0.1, 0.15) is 0 Å². The second-order valence-corrected chi connectivity index (χ2v) is 8.96. The molecule has 3 aromatic carbocycles. The van der Waals surface area contributed by atoms with Crippen LogP contribution in [0.2, 0.25) is 0 Å². The highest BCUT2D eigenvalue weighted by molar-refractivity contribution is 6.04. The SMILES string of the molecule is Cc1ccccc1CC(=O)NNC(=O)c1ccc(NC(=O)c2ccc(C(C)(C)C)cc2)cc1. The first kappa shape index (κ1) is 23.7. The van der Waals surface area contributed by atoms with Crippen molar-refractivity contribution in [1.29, 1.82) is 0 Å². The number of amides is 3. The molecule has 0 heterocycles. The van der Waals surface area contributed by atoms with Gasteiger partial charge in [-0.1, -0.05) is 57.2 Å². The fraction of sp³-hybridized carbons (Fsp3) is 0.222. The maximum absolute atomic E-state index is 12.5. The Kier molecular flexibility index (Phi) is 7.28. The number of rotatable bonds is 5. The summed E-state index contributed by atoms with van der Waals surface area (Å²) in [6, 6.07) is 21.6. The molecular weight excluding hydrogens is 414 g/mol. The van der Waals surface area contributed by atoms with E-state index in [0.717, 1.165) is 16.7 Å². The quantitative estimate of drug-likeness (QED) is 0.506. The molecule has 33 heavy (non-hydrogen) atoms. The topological polar surface area (TPSA) is 87.3 Å². The van der Waals surface area contributed by atoms with Crippen molar-refractivity contribution in [2.45, 2.75) is 39.5 Å². The van der Waals surface area contributed by atoms with Crippen LogP contribution in [0.4, 0.5) is 5.69 Å². The molecule has 3 aromatic rings. The Morgan fingerprint density at radius 1 is 0.727 bits per heavy atom. The monoisotopic (exact) mass is 443 g/mol. The smallest absolute Gasteiger partial charge is 0.269 e. The number of hydrogen-bond donors (Lipinski definition) is 3. The zero-order chi connectivity index (χ0) is 24.0. The number of hydrogen-bond acceptors (Lipinski definition) is 3. The predicted molar refractivity (Wildman–Crippen MR) is 130 cm³/mol. The van der Waals surface area contributed by atoms with E-state index in [1.807, 2.05) is 43.3 Å². The third kappa shape index (κ3) is 6.53. The number of carbonyl (C=O) groups is 3. The molecule has 6 nitrogen and oxygen atoms in total. The largest absolute Gasteiger partial charge is 0.322 e. The molecular formula is C27H29N3O3. The predicted octanol–water partition coefficient (Wildman–Crippen LogP) is 4.55. The summed E-state index contributed by atoms with van der Waals surface area (Å²) in [6.07, 6.45) is 0.175. The molecule has 0 unspecified atom stereocenters. The number of nitrogens with one attached hydrogen (secondary N) is 3. The van der Waals surface area contributed by atoms with Gasteiger partial charge in [0, 0.05) is 16.8 Å². The lowest BCUT2D eigenvalue weighted by molar-refractivity contribution is -0.121. The Balaban J connectivity index is 1.53. The molecule has 0 aromatic heterocycles. The van der Waals surface area contributed by atoms with Gasteiger partial charge >= 0.3 is 0 Å². The van der Waals surface area contributed by atoms with Crippen LogP contribution < -0.4 is 16.2 Å². The lowest BCUT2D eigenvalue weighted by atomic mass is 9.87. The van der Waals surface area contributed by atoms with Crippen LogP contribution in [0.1, 0.15) is 58.2 Å². The second-order valence-electron chi connectivity index (χ2n) is 8.96. The van der Waals surface area contributed by atoms with Crippen LogP contribution in [-0.4, -0.2) is 17.7 Å². The van der Waals surface area contributed by atoms with E-state index in [0.29, 0.717) is 16.8 Å². The molecule has 0 atom stereocenters. The maximum Gasteiger partial charge on any atom is 0.269 e. The van der Waals surface area contributed by atoms with Crippen LogP contribution in [0.25, 0.3) is 0 Å². The van der Waals surface area contributed by atoms with E-state index >= 15 is 0 Å². The van der Waals surface area contributed by atoms with Crippen LogP contribution in [-0.2, 0) is 16.6 Å². The van der Waals surface area contributed by atoms with Crippen LogP contribution in [0.3, 0.4) is 0 Å². The van der Waals surface area contributed by atoms with Crippen molar-refractivity contribution >= 4 is 23.4 Å². The Morgan fingerprint density at radius 2 is 1.30 bits per heavy atom. The highest BCUT2D eigenvalue weighted by Gasteiger charge is 2.15. The molecule has 0 fully saturated rings. The summed E-state index contributed by atoms with van der Waals surface area (Å²) in [7, 11) is 0. The van der Waals surface area contributed by atoms with E-state index in [1.165, 1.54) is 0 Å². The van der Waals surface area contributed by atoms with Crippen LogP contribution >= 0.6 is 0 Å². The average Bonchev–Trinajstić information content (AvgIpc) is 2.79. The molecule has 0 aliphatic rings. The lowest BCUT2D eigenvalue weighted by Crippen LogP contribution is -2.42. The number of aryl methyl sites for hydroxylation is 1. The summed E-state index contributed by atoms with van der Waals surface area (Å²) in [5.41, 5.74) is 9.42. The van der Waals surface area contributed by atoms with Gasteiger partial charge in [-0.2, -0.15) is 0 Å². The van der Waals surface area contributed by atoms with Gasteiger partial charge in [-0.3, -0.25) is 25.2 Å². The third-order valence-electron chi connectivity index (χ3n) is 5.35. The fourth-order valence-corrected chi connectivity index (χ4v) is 3.25. The van der Waals surface area contributed by atoms with E-state index in [4.69, 9.17) is 0 Å². The lowest BCUT2D eigenvalue weighted by Gasteiger charge is -2.19. The van der Waals surface area contributed by atoms with Gasteiger partial charge in [0.25, 0.3) is 11.8 Å². The molecule has 0 aliphatic heterocycles. The summed E-state index contributed by atoms with van der Waals surface area (Å²) in [6.45, 7) is 8.29. The maximum atomic E-state index is 12.5. The first-order chi connectivity index (χ1) is 15.6. The highest BCUT2D eigenvalue weighted by atomic mass is 16.2. The normalized spacial score (nSPS) is 10.9. The van der Waals surface area contributed by atoms with Crippen molar-refractivity contribution in [1.82, 2.24) is 10.9 Å². The van der Waals surface area contributed by atoms with Crippen LogP contribution in [0, 0.1) is 6.92 Å². The molecule has 3 rings (SSSR count). The average molecular weight is 444 g/mol. The molecule has 3 amide bonds. The van der Waals surface area contributed by atoms with Crippen molar-refractivity contribution in [2.24, 2.45) is 0 Å². The minimum Gasteiger partial charge on any atom is -0.322 e. The van der Waals surface area contributed by atoms with Crippen LogP contribution in [0.5, 0.6) is 0 Å². The molecule has 170 valence electrons. The highest BCUT2D eigenvalue weighted by Crippen LogP contribution is 2.22. The van der Waals surface area contributed by atoms with Gasteiger partial charge in [0.2, 0.25) is 5.91 Å².